The van der Waals surface area contributed by atoms with Crippen LogP contribution in [-0.4, -0.2) is 44.4 Å². The first-order valence-electron chi connectivity index (χ1n) is 9.69. The summed E-state index contributed by atoms with van der Waals surface area (Å²) in [7, 11) is -3.69. The van der Waals surface area contributed by atoms with Crippen molar-refractivity contribution in [3.05, 3.63) is 59.7 Å². The average molecular weight is 437 g/mol. The lowest BCUT2D eigenvalue weighted by Gasteiger charge is -2.26. The van der Waals surface area contributed by atoms with Crippen molar-refractivity contribution in [1.29, 1.82) is 0 Å². The lowest BCUT2D eigenvalue weighted by atomic mass is 10.0. The van der Waals surface area contributed by atoms with E-state index in [0.29, 0.717) is 6.42 Å². The van der Waals surface area contributed by atoms with Gasteiger partial charge in [0.05, 0.1) is 5.56 Å². The Kier molecular flexibility index (Phi) is 6.82. The summed E-state index contributed by atoms with van der Waals surface area (Å²) in [5.41, 5.74) is 1.53. The molecule has 0 bridgehead atoms. The molecule has 0 saturated heterocycles. The van der Waals surface area contributed by atoms with E-state index in [1.807, 2.05) is 18.2 Å². The van der Waals surface area contributed by atoms with Crippen molar-refractivity contribution in [3.63, 3.8) is 0 Å². The Balaban J connectivity index is 0.00000240. The number of para-hydroxylation sites is 1. The molecule has 29 heavy (non-hydrogen) atoms. The maximum Gasteiger partial charge on any atom is 0.269 e. The summed E-state index contributed by atoms with van der Waals surface area (Å²) < 4.78 is 32.0. The second-order valence-corrected chi connectivity index (χ2v) is 9.01. The third kappa shape index (κ3) is 4.42. The zero-order valence-corrected chi connectivity index (χ0v) is 17.7. The molecule has 1 unspecified atom stereocenters. The molecule has 1 atom stereocenters. The first-order valence-corrected chi connectivity index (χ1v) is 11.1. The molecule has 0 aromatic heterocycles. The normalized spacial score (nSPS) is 19.1. The minimum absolute atomic E-state index is 0. The topological polar surface area (TPSA) is 75.7 Å². The van der Waals surface area contributed by atoms with Crippen LogP contribution < -0.4 is 10.1 Å². The molecule has 4 rings (SSSR count). The summed E-state index contributed by atoms with van der Waals surface area (Å²) in [4.78, 5) is 12.5. The second kappa shape index (κ2) is 9.15. The highest BCUT2D eigenvalue weighted by Crippen LogP contribution is 2.30. The number of carbonyl (C=O) groups excluding carboxylic acids is 1. The molecule has 2 aromatic rings. The highest BCUT2D eigenvalue weighted by molar-refractivity contribution is 7.90. The minimum atomic E-state index is -3.69. The highest BCUT2D eigenvalue weighted by Gasteiger charge is 2.40. The second-order valence-electron chi connectivity index (χ2n) is 7.18. The van der Waals surface area contributed by atoms with E-state index in [-0.39, 0.29) is 35.5 Å². The van der Waals surface area contributed by atoms with Crippen LogP contribution in [-0.2, 0) is 16.4 Å². The van der Waals surface area contributed by atoms with Gasteiger partial charge in [-0.3, -0.25) is 4.79 Å². The van der Waals surface area contributed by atoms with Crippen molar-refractivity contribution in [1.82, 2.24) is 9.62 Å². The highest BCUT2D eigenvalue weighted by atomic mass is 35.5. The molecule has 2 heterocycles. The molecule has 1 N–H and O–H groups in total. The number of aryl methyl sites for hydroxylation is 1. The van der Waals surface area contributed by atoms with Gasteiger partial charge in [-0.05, 0) is 56.0 Å². The maximum absolute atomic E-state index is 12.5. The molecule has 0 radical (unpaired) electrons. The summed E-state index contributed by atoms with van der Waals surface area (Å²) in [6, 6.07) is 14.5. The van der Waals surface area contributed by atoms with Crippen LogP contribution in [0.25, 0.3) is 0 Å². The zero-order chi connectivity index (χ0) is 19.6. The summed E-state index contributed by atoms with van der Waals surface area (Å²) in [5, 5.41) is 3.38. The van der Waals surface area contributed by atoms with E-state index in [1.165, 1.54) is 11.6 Å². The smallest absolute Gasteiger partial charge is 0.269 e. The Morgan fingerprint density at radius 1 is 1.07 bits per heavy atom. The standard InChI is InChI=1S/C21H24N2O4S.ClH/c24-21-18-8-2-4-10-20(18)28(25,26)23(21)14-6-5-13-22-15-17-12-11-16-7-1-3-9-19(16)27-17;/h1-4,7-10,17,22H,5-6,11-15H2;1H. The van der Waals surface area contributed by atoms with Gasteiger partial charge in [0.25, 0.3) is 15.9 Å². The van der Waals surface area contributed by atoms with Crippen molar-refractivity contribution < 1.29 is 17.9 Å². The van der Waals surface area contributed by atoms with Gasteiger partial charge >= 0.3 is 0 Å². The lowest BCUT2D eigenvalue weighted by molar-refractivity contribution is 0.0869. The number of unbranched alkanes of at least 4 members (excludes halogenated alkanes) is 1. The van der Waals surface area contributed by atoms with Gasteiger partial charge < -0.3 is 10.1 Å². The van der Waals surface area contributed by atoms with E-state index in [0.717, 1.165) is 42.4 Å². The Labute approximate surface area is 177 Å². The number of ether oxygens (including phenoxy) is 1. The SMILES string of the molecule is Cl.O=C1c2ccccc2S(=O)(=O)N1CCCCNCC1CCc2ccccc2O1. The third-order valence-corrected chi connectivity index (χ3v) is 7.09. The number of fused-ring (bicyclic) bond motifs is 2. The summed E-state index contributed by atoms with van der Waals surface area (Å²) >= 11 is 0. The van der Waals surface area contributed by atoms with Crippen LogP contribution in [0.2, 0.25) is 0 Å². The zero-order valence-electron chi connectivity index (χ0n) is 16.0. The van der Waals surface area contributed by atoms with Crippen LogP contribution >= 0.6 is 12.4 Å². The van der Waals surface area contributed by atoms with Crippen LogP contribution in [0.15, 0.2) is 53.4 Å². The number of rotatable bonds is 7. The fourth-order valence-electron chi connectivity index (χ4n) is 3.74. The van der Waals surface area contributed by atoms with Gasteiger partial charge in [0.2, 0.25) is 0 Å². The maximum atomic E-state index is 12.5. The van der Waals surface area contributed by atoms with Crippen molar-refractivity contribution in [2.75, 3.05) is 19.6 Å². The molecule has 0 spiro atoms. The first kappa shape index (κ1) is 21.6. The molecule has 2 aliphatic rings. The van der Waals surface area contributed by atoms with Crippen molar-refractivity contribution in [2.45, 2.75) is 36.7 Å². The molecule has 0 saturated carbocycles. The fourth-order valence-corrected chi connectivity index (χ4v) is 5.35. The molecule has 156 valence electrons. The van der Waals surface area contributed by atoms with Gasteiger partial charge in [0, 0.05) is 13.1 Å². The molecular weight excluding hydrogens is 412 g/mol. The van der Waals surface area contributed by atoms with Crippen LogP contribution in [0.5, 0.6) is 5.75 Å². The van der Waals surface area contributed by atoms with Crippen LogP contribution in [0.1, 0.15) is 35.2 Å². The monoisotopic (exact) mass is 436 g/mol. The van der Waals surface area contributed by atoms with E-state index >= 15 is 0 Å². The van der Waals surface area contributed by atoms with Gasteiger partial charge in [0.1, 0.15) is 16.7 Å². The number of nitrogens with one attached hydrogen (secondary N) is 1. The molecule has 2 aromatic carbocycles. The molecule has 6 nitrogen and oxygen atoms in total. The van der Waals surface area contributed by atoms with E-state index in [4.69, 9.17) is 4.74 Å². The number of amides is 1. The van der Waals surface area contributed by atoms with Crippen LogP contribution in [0, 0.1) is 0 Å². The number of hydrogen-bond donors (Lipinski definition) is 1. The molecule has 0 aliphatic carbocycles. The molecular formula is C21H25ClN2O4S. The summed E-state index contributed by atoms with van der Waals surface area (Å²) in [6.45, 7) is 1.74. The number of nitrogens with zero attached hydrogens (tertiary/aromatic N) is 1. The Bertz CT molecular complexity index is 980. The average Bonchev–Trinajstić information content (AvgIpc) is 2.91. The van der Waals surface area contributed by atoms with E-state index < -0.39 is 15.9 Å². The number of sulfonamides is 1. The van der Waals surface area contributed by atoms with Crippen molar-refractivity contribution in [2.24, 2.45) is 0 Å². The quantitative estimate of drug-likeness (QED) is 0.675. The van der Waals surface area contributed by atoms with Crippen molar-refractivity contribution in [3.8, 4) is 5.75 Å². The number of halogens is 1. The van der Waals surface area contributed by atoms with E-state index in [1.54, 1.807) is 18.2 Å². The van der Waals surface area contributed by atoms with Crippen LogP contribution in [0.3, 0.4) is 0 Å². The van der Waals surface area contributed by atoms with Gasteiger partial charge in [-0.2, -0.15) is 0 Å². The van der Waals surface area contributed by atoms with E-state index in [2.05, 4.69) is 11.4 Å². The number of carbonyl (C=O) groups is 1. The van der Waals surface area contributed by atoms with Gasteiger partial charge in [-0.1, -0.05) is 30.3 Å². The molecule has 0 fully saturated rings. The fraction of sp³-hybridized carbons (Fsp3) is 0.381. The third-order valence-electron chi connectivity index (χ3n) is 5.25. The Morgan fingerprint density at radius 2 is 1.83 bits per heavy atom. The Morgan fingerprint density at radius 3 is 2.66 bits per heavy atom. The van der Waals surface area contributed by atoms with Gasteiger partial charge in [0.15, 0.2) is 0 Å². The molecule has 8 heteroatoms. The summed E-state index contributed by atoms with van der Waals surface area (Å²) in [6.07, 6.45) is 3.59. The summed E-state index contributed by atoms with van der Waals surface area (Å²) in [5.74, 6) is 0.552. The van der Waals surface area contributed by atoms with Crippen LogP contribution in [0.4, 0.5) is 0 Å². The molecule has 1 amide bonds. The van der Waals surface area contributed by atoms with Gasteiger partial charge in [-0.15, -0.1) is 12.4 Å². The lowest BCUT2D eigenvalue weighted by Crippen LogP contribution is -2.35. The minimum Gasteiger partial charge on any atom is -0.489 e. The number of benzene rings is 2. The van der Waals surface area contributed by atoms with E-state index in [9.17, 15) is 13.2 Å². The van der Waals surface area contributed by atoms with Crippen molar-refractivity contribution >= 4 is 28.3 Å². The largest absolute Gasteiger partial charge is 0.489 e. The van der Waals surface area contributed by atoms with Gasteiger partial charge in [-0.25, -0.2) is 12.7 Å². The Hall–Kier alpha value is -2.09. The molecule has 2 aliphatic heterocycles. The predicted molar refractivity (Wildman–Crippen MR) is 113 cm³/mol. The predicted octanol–water partition coefficient (Wildman–Crippen LogP) is 3.02. The number of hydrogen-bond acceptors (Lipinski definition) is 5. The first-order chi connectivity index (χ1) is 13.6.